The Morgan fingerprint density at radius 1 is 1.45 bits per heavy atom. The van der Waals surface area contributed by atoms with Crippen molar-refractivity contribution in [2.75, 3.05) is 0 Å². The molecule has 0 aromatic heterocycles. The summed E-state index contributed by atoms with van der Waals surface area (Å²) in [5.74, 6) is -0.148. The minimum absolute atomic E-state index is 0.120. The maximum Gasteiger partial charge on any atom is 0.307 e. The maximum absolute atomic E-state index is 10.5. The second-order valence-electron chi connectivity index (χ2n) is 3.54. The normalized spacial score (nSPS) is 34.6. The SMILES string of the molecule is CC(C)=CC1[C@@H](C(=O)O)[C@H]1C. The summed E-state index contributed by atoms with van der Waals surface area (Å²) in [5.41, 5.74) is 1.21. The summed E-state index contributed by atoms with van der Waals surface area (Å²) in [4.78, 5) is 10.5. The summed E-state index contributed by atoms with van der Waals surface area (Å²) in [6.45, 7) is 6.00. The van der Waals surface area contributed by atoms with E-state index >= 15 is 0 Å². The molecule has 1 rings (SSSR count). The van der Waals surface area contributed by atoms with Crippen molar-refractivity contribution in [2.24, 2.45) is 17.8 Å². The summed E-state index contributed by atoms with van der Waals surface area (Å²) >= 11 is 0. The molecule has 11 heavy (non-hydrogen) atoms. The summed E-state index contributed by atoms with van der Waals surface area (Å²) in [7, 11) is 0. The largest absolute Gasteiger partial charge is 0.481 e. The van der Waals surface area contributed by atoms with Gasteiger partial charge in [0.1, 0.15) is 0 Å². The van der Waals surface area contributed by atoms with Gasteiger partial charge in [-0.15, -0.1) is 0 Å². The zero-order valence-electron chi connectivity index (χ0n) is 7.16. The molecule has 0 aliphatic heterocycles. The van der Waals surface area contributed by atoms with E-state index in [2.05, 4.69) is 6.08 Å². The first kappa shape index (κ1) is 8.31. The molecule has 3 atom stereocenters. The molecule has 0 bridgehead atoms. The van der Waals surface area contributed by atoms with Crippen molar-refractivity contribution in [3.8, 4) is 0 Å². The Kier molecular flexibility index (Phi) is 2.03. The van der Waals surface area contributed by atoms with Crippen LogP contribution in [0.3, 0.4) is 0 Å². The standard InChI is InChI=1S/C9H14O2/c1-5(2)4-7-6(3)8(7)9(10)11/h4,6-8H,1-3H3,(H,10,11)/t6-,7?,8-/m0/s1. The number of allylic oxidation sites excluding steroid dienone is 2. The van der Waals surface area contributed by atoms with E-state index < -0.39 is 5.97 Å². The highest BCUT2D eigenvalue weighted by atomic mass is 16.4. The van der Waals surface area contributed by atoms with Gasteiger partial charge in [0.2, 0.25) is 0 Å². The number of rotatable bonds is 2. The number of aliphatic carboxylic acids is 1. The lowest BCUT2D eigenvalue weighted by atomic mass is 10.2. The van der Waals surface area contributed by atoms with Crippen LogP contribution in [-0.2, 0) is 4.79 Å². The first-order chi connectivity index (χ1) is 5.04. The van der Waals surface area contributed by atoms with Crippen molar-refractivity contribution in [1.82, 2.24) is 0 Å². The molecule has 1 unspecified atom stereocenters. The average molecular weight is 154 g/mol. The van der Waals surface area contributed by atoms with Gasteiger partial charge in [0.05, 0.1) is 5.92 Å². The van der Waals surface area contributed by atoms with Crippen LogP contribution in [0.15, 0.2) is 11.6 Å². The smallest absolute Gasteiger partial charge is 0.307 e. The second kappa shape index (κ2) is 2.68. The molecule has 62 valence electrons. The van der Waals surface area contributed by atoms with Gasteiger partial charge in [-0.1, -0.05) is 18.6 Å². The van der Waals surface area contributed by atoms with E-state index in [1.165, 1.54) is 5.57 Å². The van der Waals surface area contributed by atoms with Crippen LogP contribution in [0.4, 0.5) is 0 Å². The molecule has 1 aliphatic rings. The van der Waals surface area contributed by atoms with E-state index in [0.29, 0.717) is 5.92 Å². The predicted octanol–water partition coefficient (Wildman–Crippen LogP) is 1.92. The Morgan fingerprint density at radius 2 is 2.00 bits per heavy atom. The third kappa shape index (κ3) is 1.62. The van der Waals surface area contributed by atoms with Gasteiger partial charge in [-0.2, -0.15) is 0 Å². The molecule has 0 amide bonds. The van der Waals surface area contributed by atoms with Gasteiger partial charge in [0, 0.05) is 0 Å². The molecule has 0 saturated heterocycles. The topological polar surface area (TPSA) is 37.3 Å². The molecule has 0 radical (unpaired) electrons. The Hall–Kier alpha value is -0.790. The number of hydrogen-bond donors (Lipinski definition) is 1. The van der Waals surface area contributed by atoms with Gasteiger partial charge in [0.15, 0.2) is 0 Å². The molecule has 1 fully saturated rings. The second-order valence-corrected chi connectivity index (χ2v) is 3.54. The lowest BCUT2D eigenvalue weighted by molar-refractivity contribution is -0.139. The monoisotopic (exact) mass is 154 g/mol. The highest BCUT2D eigenvalue weighted by Crippen LogP contribution is 2.47. The van der Waals surface area contributed by atoms with Crippen LogP contribution in [0.2, 0.25) is 0 Å². The number of carboxylic acids is 1. The van der Waals surface area contributed by atoms with Crippen molar-refractivity contribution in [1.29, 1.82) is 0 Å². The third-order valence-electron chi connectivity index (χ3n) is 2.26. The lowest BCUT2D eigenvalue weighted by Gasteiger charge is -1.87. The van der Waals surface area contributed by atoms with Gasteiger partial charge in [0.25, 0.3) is 0 Å². The molecule has 1 N–H and O–H groups in total. The van der Waals surface area contributed by atoms with Crippen LogP contribution < -0.4 is 0 Å². The van der Waals surface area contributed by atoms with E-state index in [1.54, 1.807) is 0 Å². The summed E-state index contributed by atoms with van der Waals surface area (Å²) in [5, 5.41) is 8.68. The van der Waals surface area contributed by atoms with Crippen LogP contribution in [-0.4, -0.2) is 11.1 Å². The summed E-state index contributed by atoms with van der Waals surface area (Å²) in [6, 6.07) is 0. The van der Waals surface area contributed by atoms with Crippen LogP contribution in [0.25, 0.3) is 0 Å². The van der Waals surface area contributed by atoms with Gasteiger partial charge >= 0.3 is 5.97 Å². The average Bonchev–Trinajstić information content (AvgIpc) is 2.40. The quantitative estimate of drug-likeness (QED) is 0.617. The fraction of sp³-hybridized carbons (Fsp3) is 0.667. The van der Waals surface area contributed by atoms with Gasteiger partial charge < -0.3 is 5.11 Å². The molecule has 0 heterocycles. The molecular weight excluding hydrogens is 140 g/mol. The van der Waals surface area contributed by atoms with Gasteiger partial charge in [-0.25, -0.2) is 0 Å². The minimum Gasteiger partial charge on any atom is -0.481 e. The highest BCUT2D eigenvalue weighted by Gasteiger charge is 2.50. The Labute approximate surface area is 66.9 Å². The summed E-state index contributed by atoms with van der Waals surface area (Å²) in [6.07, 6.45) is 2.06. The molecule has 2 nitrogen and oxygen atoms in total. The van der Waals surface area contributed by atoms with Crippen molar-refractivity contribution in [3.63, 3.8) is 0 Å². The zero-order chi connectivity index (χ0) is 8.59. The third-order valence-corrected chi connectivity index (χ3v) is 2.26. The minimum atomic E-state index is -0.653. The molecule has 1 saturated carbocycles. The zero-order valence-corrected chi connectivity index (χ0v) is 7.16. The first-order valence-electron chi connectivity index (χ1n) is 3.92. The molecule has 0 spiro atoms. The maximum atomic E-state index is 10.5. The highest BCUT2D eigenvalue weighted by molar-refractivity contribution is 5.74. The molecule has 0 aromatic carbocycles. The Bertz CT molecular complexity index is 202. The number of carboxylic acid groups (broad SMARTS) is 1. The van der Waals surface area contributed by atoms with E-state index in [-0.39, 0.29) is 11.8 Å². The fourth-order valence-corrected chi connectivity index (χ4v) is 1.52. The van der Waals surface area contributed by atoms with Crippen molar-refractivity contribution >= 4 is 5.97 Å². The van der Waals surface area contributed by atoms with Crippen LogP contribution in [0.1, 0.15) is 20.8 Å². The van der Waals surface area contributed by atoms with Crippen molar-refractivity contribution in [3.05, 3.63) is 11.6 Å². The van der Waals surface area contributed by atoms with Crippen LogP contribution in [0, 0.1) is 17.8 Å². The van der Waals surface area contributed by atoms with Crippen LogP contribution >= 0.6 is 0 Å². The lowest BCUT2D eigenvalue weighted by Crippen LogP contribution is -1.99. The van der Waals surface area contributed by atoms with E-state index in [9.17, 15) is 4.79 Å². The van der Waals surface area contributed by atoms with Crippen molar-refractivity contribution < 1.29 is 9.90 Å². The Balaban J connectivity index is 2.55. The number of carbonyl (C=O) groups is 1. The number of hydrogen-bond acceptors (Lipinski definition) is 1. The van der Waals surface area contributed by atoms with Gasteiger partial charge in [-0.3, -0.25) is 4.79 Å². The van der Waals surface area contributed by atoms with E-state index in [4.69, 9.17) is 5.11 Å². The van der Waals surface area contributed by atoms with E-state index in [0.717, 1.165) is 0 Å². The molecule has 2 heteroatoms. The fourth-order valence-electron chi connectivity index (χ4n) is 1.52. The molecular formula is C9H14O2. The van der Waals surface area contributed by atoms with Crippen molar-refractivity contribution in [2.45, 2.75) is 20.8 Å². The first-order valence-corrected chi connectivity index (χ1v) is 3.92. The van der Waals surface area contributed by atoms with E-state index in [1.807, 2.05) is 20.8 Å². The Morgan fingerprint density at radius 3 is 2.27 bits per heavy atom. The van der Waals surface area contributed by atoms with Crippen LogP contribution in [0.5, 0.6) is 0 Å². The molecule has 1 aliphatic carbocycles. The summed E-state index contributed by atoms with van der Waals surface area (Å²) < 4.78 is 0. The van der Waals surface area contributed by atoms with Gasteiger partial charge in [-0.05, 0) is 25.7 Å². The molecule has 0 aromatic rings. The predicted molar refractivity (Wildman–Crippen MR) is 43.2 cm³/mol.